The van der Waals surface area contributed by atoms with E-state index in [2.05, 4.69) is 12.7 Å². The second-order valence-electron chi connectivity index (χ2n) is 4.62. The molecule has 2 atom stereocenters. The van der Waals surface area contributed by atoms with Gasteiger partial charge in [0.05, 0.1) is 12.7 Å². The van der Waals surface area contributed by atoms with Crippen LogP contribution < -0.4 is 0 Å². The maximum absolute atomic E-state index is 10.5. The third-order valence-electron chi connectivity index (χ3n) is 3.47. The molecule has 18 heavy (non-hydrogen) atoms. The van der Waals surface area contributed by atoms with E-state index < -0.39 is 11.7 Å². The Morgan fingerprint density at radius 1 is 1.33 bits per heavy atom. The van der Waals surface area contributed by atoms with E-state index >= 15 is 0 Å². The van der Waals surface area contributed by atoms with E-state index in [1.807, 2.05) is 42.5 Å². The van der Waals surface area contributed by atoms with Crippen LogP contribution in [0.5, 0.6) is 0 Å². The van der Waals surface area contributed by atoms with Gasteiger partial charge in [0.1, 0.15) is 5.60 Å². The van der Waals surface area contributed by atoms with Crippen LogP contribution in [-0.2, 0) is 10.3 Å². The fourth-order valence-electron chi connectivity index (χ4n) is 2.44. The molecule has 0 unspecified atom stereocenters. The molecule has 1 aromatic carbocycles. The lowest BCUT2D eigenvalue weighted by Gasteiger charge is -2.39. The molecule has 1 aliphatic rings. The Bertz CT molecular complexity index is 410. The van der Waals surface area contributed by atoms with Crippen LogP contribution in [0.15, 0.2) is 55.1 Å². The fraction of sp³-hybridized carbons (Fsp3) is 0.375. The quantitative estimate of drug-likeness (QED) is 0.806. The third-order valence-corrected chi connectivity index (χ3v) is 3.47. The van der Waals surface area contributed by atoms with Crippen molar-refractivity contribution in [2.75, 3.05) is 6.61 Å². The van der Waals surface area contributed by atoms with E-state index in [1.54, 1.807) is 0 Å². The summed E-state index contributed by atoms with van der Waals surface area (Å²) in [4.78, 5) is 0. The van der Waals surface area contributed by atoms with Crippen molar-refractivity contribution >= 4 is 0 Å². The maximum atomic E-state index is 10.5. The van der Waals surface area contributed by atoms with Crippen molar-refractivity contribution < 1.29 is 9.84 Å². The number of allylic oxidation sites excluding steroid dienone is 1. The maximum Gasteiger partial charge on any atom is 0.123 e. The minimum absolute atomic E-state index is 0.511. The zero-order valence-electron chi connectivity index (χ0n) is 10.6. The summed E-state index contributed by atoms with van der Waals surface area (Å²) in [6.07, 6.45) is 7.60. The van der Waals surface area contributed by atoms with E-state index in [4.69, 9.17) is 4.74 Å². The van der Waals surface area contributed by atoms with Gasteiger partial charge in [0.25, 0.3) is 0 Å². The lowest BCUT2D eigenvalue weighted by Crippen LogP contribution is -2.43. The zero-order valence-corrected chi connectivity index (χ0v) is 10.6. The number of ether oxygens (including phenoxy) is 1. The number of rotatable bonds is 5. The van der Waals surface area contributed by atoms with Crippen LogP contribution in [0.3, 0.4) is 0 Å². The van der Waals surface area contributed by atoms with Gasteiger partial charge in [0.2, 0.25) is 0 Å². The summed E-state index contributed by atoms with van der Waals surface area (Å²) in [5.74, 6) is 0. The molecule has 0 saturated heterocycles. The molecular weight excluding hydrogens is 224 g/mol. The first kappa shape index (κ1) is 13.1. The topological polar surface area (TPSA) is 29.5 Å². The Morgan fingerprint density at radius 2 is 2.11 bits per heavy atom. The Labute approximate surface area is 109 Å². The average molecular weight is 244 g/mol. The van der Waals surface area contributed by atoms with Gasteiger partial charge in [-0.1, -0.05) is 48.6 Å². The van der Waals surface area contributed by atoms with Gasteiger partial charge >= 0.3 is 0 Å². The average Bonchev–Trinajstić information content (AvgIpc) is 2.46. The minimum Gasteiger partial charge on any atom is -0.390 e. The van der Waals surface area contributed by atoms with Gasteiger partial charge in [-0.15, -0.1) is 6.58 Å². The number of aliphatic hydroxyl groups is 1. The van der Waals surface area contributed by atoms with Crippen molar-refractivity contribution in [2.45, 2.75) is 31.0 Å². The van der Waals surface area contributed by atoms with Gasteiger partial charge in [-0.3, -0.25) is 0 Å². The van der Waals surface area contributed by atoms with Crippen LogP contribution in [0, 0.1) is 0 Å². The predicted molar refractivity (Wildman–Crippen MR) is 73.3 cm³/mol. The zero-order chi connectivity index (χ0) is 12.8. The van der Waals surface area contributed by atoms with E-state index in [0.29, 0.717) is 13.0 Å². The molecule has 1 aromatic rings. The molecule has 0 fully saturated rings. The molecule has 96 valence electrons. The summed E-state index contributed by atoms with van der Waals surface area (Å²) < 4.78 is 5.94. The molecule has 2 nitrogen and oxygen atoms in total. The summed E-state index contributed by atoms with van der Waals surface area (Å²) in [6.45, 7) is 4.26. The number of aliphatic hydroxyl groups excluding tert-OH is 1. The summed E-state index contributed by atoms with van der Waals surface area (Å²) in [6, 6.07) is 10.00. The van der Waals surface area contributed by atoms with Crippen LogP contribution in [0.2, 0.25) is 0 Å². The van der Waals surface area contributed by atoms with Gasteiger partial charge in [-0.2, -0.15) is 0 Å². The SMILES string of the molecule is C=CCC[C@H](O)[C@]1(c2ccccc2)CC=CCO1. The molecular formula is C16H20O2. The van der Waals surface area contributed by atoms with Crippen LogP contribution >= 0.6 is 0 Å². The van der Waals surface area contributed by atoms with Crippen molar-refractivity contribution in [3.05, 3.63) is 60.7 Å². The van der Waals surface area contributed by atoms with Gasteiger partial charge in [-0.05, 0) is 18.4 Å². The molecule has 0 radical (unpaired) electrons. The Hall–Kier alpha value is -1.38. The van der Waals surface area contributed by atoms with E-state index in [0.717, 1.165) is 18.4 Å². The Kier molecular flexibility index (Phi) is 4.34. The summed E-state index contributed by atoms with van der Waals surface area (Å²) in [5, 5.41) is 10.5. The largest absolute Gasteiger partial charge is 0.390 e. The van der Waals surface area contributed by atoms with Crippen LogP contribution in [0.1, 0.15) is 24.8 Å². The molecule has 0 aliphatic carbocycles. The molecule has 0 saturated carbocycles. The highest BCUT2D eigenvalue weighted by molar-refractivity contribution is 5.26. The number of benzene rings is 1. The van der Waals surface area contributed by atoms with Gasteiger partial charge in [0.15, 0.2) is 0 Å². The Balaban J connectivity index is 2.28. The first-order valence-electron chi connectivity index (χ1n) is 6.43. The summed E-state index contributed by atoms with van der Waals surface area (Å²) >= 11 is 0. The number of hydrogen-bond acceptors (Lipinski definition) is 2. The molecule has 0 bridgehead atoms. The van der Waals surface area contributed by atoms with Gasteiger partial charge in [0, 0.05) is 6.42 Å². The molecule has 1 N–H and O–H groups in total. The molecule has 1 aliphatic heterocycles. The lowest BCUT2D eigenvalue weighted by molar-refractivity contribution is -0.127. The second kappa shape index (κ2) is 5.98. The van der Waals surface area contributed by atoms with E-state index in [-0.39, 0.29) is 0 Å². The van der Waals surface area contributed by atoms with Gasteiger partial charge in [-0.25, -0.2) is 0 Å². The molecule has 2 heteroatoms. The molecule has 0 amide bonds. The highest BCUT2D eigenvalue weighted by Gasteiger charge is 2.40. The first-order chi connectivity index (χ1) is 8.79. The lowest BCUT2D eigenvalue weighted by atomic mass is 9.82. The van der Waals surface area contributed by atoms with Crippen molar-refractivity contribution in [3.8, 4) is 0 Å². The third kappa shape index (κ3) is 2.55. The molecule has 1 heterocycles. The van der Waals surface area contributed by atoms with Crippen molar-refractivity contribution in [1.29, 1.82) is 0 Å². The second-order valence-corrected chi connectivity index (χ2v) is 4.62. The highest BCUT2D eigenvalue weighted by Crippen LogP contribution is 2.37. The number of hydrogen-bond donors (Lipinski definition) is 1. The van der Waals surface area contributed by atoms with Crippen LogP contribution in [-0.4, -0.2) is 17.8 Å². The summed E-state index contributed by atoms with van der Waals surface area (Å²) in [7, 11) is 0. The standard InChI is InChI=1S/C16H20O2/c1-2-3-11-15(17)16(12-7-8-13-18-16)14-9-5-4-6-10-14/h2,4-10,15,17H,1,3,11-13H2/t15-,16+/m0/s1. The van der Waals surface area contributed by atoms with Crippen LogP contribution in [0.25, 0.3) is 0 Å². The normalized spacial score (nSPS) is 24.7. The van der Waals surface area contributed by atoms with Crippen molar-refractivity contribution in [2.24, 2.45) is 0 Å². The molecule has 0 aromatic heterocycles. The van der Waals surface area contributed by atoms with E-state index in [9.17, 15) is 5.11 Å². The van der Waals surface area contributed by atoms with Crippen LogP contribution in [0.4, 0.5) is 0 Å². The highest BCUT2D eigenvalue weighted by atomic mass is 16.5. The van der Waals surface area contributed by atoms with E-state index in [1.165, 1.54) is 0 Å². The monoisotopic (exact) mass is 244 g/mol. The van der Waals surface area contributed by atoms with Crippen molar-refractivity contribution in [3.63, 3.8) is 0 Å². The molecule has 0 spiro atoms. The predicted octanol–water partition coefficient (Wildman–Crippen LogP) is 3.19. The first-order valence-corrected chi connectivity index (χ1v) is 6.43. The summed E-state index contributed by atoms with van der Waals surface area (Å²) in [5.41, 5.74) is 0.449. The fourth-order valence-corrected chi connectivity index (χ4v) is 2.44. The molecule has 2 rings (SSSR count). The Morgan fingerprint density at radius 3 is 2.72 bits per heavy atom. The van der Waals surface area contributed by atoms with Gasteiger partial charge < -0.3 is 9.84 Å². The smallest absolute Gasteiger partial charge is 0.123 e. The van der Waals surface area contributed by atoms with Crippen molar-refractivity contribution in [1.82, 2.24) is 0 Å². The minimum atomic E-state index is -0.598.